The molecule has 0 aliphatic carbocycles. The Balaban J connectivity index is 1.92. The first-order valence-corrected chi connectivity index (χ1v) is 7.76. The molecule has 3 N–H and O–H groups in total. The highest BCUT2D eigenvalue weighted by atomic mass is 32.1. The van der Waals surface area contributed by atoms with E-state index >= 15 is 0 Å². The highest BCUT2D eigenvalue weighted by molar-refractivity contribution is 7.13. The van der Waals surface area contributed by atoms with Crippen LogP contribution in [0.5, 0.6) is 0 Å². The molecule has 0 aliphatic heterocycles. The Hall–Kier alpha value is -3.06. The van der Waals surface area contributed by atoms with Gasteiger partial charge in [0.05, 0.1) is 21.5 Å². The Morgan fingerprint density at radius 3 is 2.65 bits per heavy atom. The van der Waals surface area contributed by atoms with Gasteiger partial charge in [0.1, 0.15) is 5.69 Å². The van der Waals surface area contributed by atoms with E-state index in [1.165, 1.54) is 0 Å². The van der Waals surface area contributed by atoms with E-state index < -0.39 is 0 Å². The lowest BCUT2D eigenvalue weighted by Gasteiger charge is -2.05. The zero-order valence-corrected chi connectivity index (χ0v) is 12.7. The maximum Gasteiger partial charge on any atom is 0.259 e. The molecule has 0 unspecified atom stereocenters. The first-order valence-electron chi connectivity index (χ1n) is 6.88. The van der Waals surface area contributed by atoms with Gasteiger partial charge in [-0.25, -0.2) is 15.0 Å². The molecule has 0 bridgehead atoms. The number of para-hydroxylation sites is 1. The van der Waals surface area contributed by atoms with E-state index in [4.69, 9.17) is 5.73 Å². The van der Waals surface area contributed by atoms with Crippen molar-refractivity contribution in [2.45, 2.75) is 0 Å². The number of nitrogens with zero attached hydrogens (tertiary/aromatic N) is 3. The maximum absolute atomic E-state index is 12.2. The van der Waals surface area contributed by atoms with E-state index in [0.717, 1.165) is 4.88 Å². The molecule has 0 radical (unpaired) electrons. The fourth-order valence-corrected chi connectivity index (χ4v) is 3.03. The van der Waals surface area contributed by atoms with Gasteiger partial charge >= 0.3 is 0 Å². The van der Waals surface area contributed by atoms with Gasteiger partial charge in [-0.15, -0.1) is 11.3 Å². The van der Waals surface area contributed by atoms with Gasteiger partial charge in [0.15, 0.2) is 5.82 Å². The molecule has 3 heterocycles. The lowest BCUT2D eigenvalue weighted by atomic mass is 10.2. The molecule has 4 aromatic rings. The molecule has 0 saturated heterocycles. The molecular weight excluding hydrogens is 310 g/mol. The van der Waals surface area contributed by atoms with Gasteiger partial charge < -0.3 is 10.7 Å². The number of fused-ring (bicyclic) bond motifs is 1. The SMILES string of the molecule is Nc1nc(-c2nc3ccccc3c(=O)[nH]2)cc(-c2cccs2)n1. The summed E-state index contributed by atoms with van der Waals surface area (Å²) in [6.45, 7) is 0. The van der Waals surface area contributed by atoms with Crippen LogP contribution in [0.4, 0.5) is 5.95 Å². The van der Waals surface area contributed by atoms with Crippen molar-refractivity contribution < 1.29 is 0 Å². The minimum atomic E-state index is -0.208. The second-order valence-corrected chi connectivity index (χ2v) is 5.85. The number of aromatic nitrogens is 4. The standard InChI is InChI=1S/C16H11N5OS/c17-16-19-11(13-6-3-7-23-13)8-12(20-16)14-18-10-5-2-1-4-9(10)15(22)21-14/h1-8H,(H2,17,19,20)(H,18,21,22). The van der Waals surface area contributed by atoms with Crippen LogP contribution in [0.1, 0.15) is 0 Å². The van der Waals surface area contributed by atoms with Gasteiger partial charge in [0.25, 0.3) is 5.56 Å². The van der Waals surface area contributed by atoms with Crippen LogP contribution in [-0.4, -0.2) is 19.9 Å². The number of hydrogen-bond donors (Lipinski definition) is 2. The first-order chi connectivity index (χ1) is 11.2. The molecule has 23 heavy (non-hydrogen) atoms. The van der Waals surface area contributed by atoms with Crippen LogP contribution in [0.15, 0.2) is 52.6 Å². The van der Waals surface area contributed by atoms with Crippen molar-refractivity contribution in [3.63, 3.8) is 0 Å². The first kappa shape index (κ1) is 13.6. The number of benzene rings is 1. The number of aromatic amines is 1. The fourth-order valence-electron chi connectivity index (χ4n) is 2.35. The number of nitrogens with one attached hydrogen (secondary N) is 1. The summed E-state index contributed by atoms with van der Waals surface area (Å²) in [6, 6.07) is 12.8. The third-order valence-corrected chi connectivity index (χ3v) is 4.26. The summed E-state index contributed by atoms with van der Waals surface area (Å²) in [4.78, 5) is 28.9. The average molecular weight is 321 g/mol. The lowest BCUT2D eigenvalue weighted by molar-refractivity contribution is 1.12. The number of thiophene rings is 1. The smallest absolute Gasteiger partial charge is 0.259 e. The number of anilines is 1. The number of rotatable bonds is 2. The summed E-state index contributed by atoms with van der Waals surface area (Å²) in [5, 5.41) is 2.50. The molecule has 0 spiro atoms. The molecule has 0 atom stereocenters. The van der Waals surface area contributed by atoms with Crippen molar-refractivity contribution in [2.24, 2.45) is 0 Å². The zero-order chi connectivity index (χ0) is 15.8. The monoisotopic (exact) mass is 321 g/mol. The number of H-pyrrole nitrogens is 1. The normalized spacial score (nSPS) is 11.0. The number of hydrogen-bond acceptors (Lipinski definition) is 6. The summed E-state index contributed by atoms with van der Waals surface area (Å²) in [7, 11) is 0. The molecule has 112 valence electrons. The Kier molecular flexibility index (Phi) is 3.13. The summed E-state index contributed by atoms with van der Waals surface area (Å²) >= 11 is 1.56. The minimum absolute atomic E-state index is 0.140. The van der Waals surface area contributed by atoms with Crippen molar-refractivity contribution in [1.82, 2.24) is 19.9 Å². The van der Waals surface area contributed by atoms with Gasteiger partial charge in [0.2, 0.25) is 5.95 Å². The van der Waals surface area contributed by atoms with Crippen LogP contribution < -0.4 is 11.3 Å². The molecule has 0 aliphatic rings. The Labute approximate surface area is 134 Å². The van der Waals surface area contributed by atoms with Gasteiger partial charge in [-0.2, -0.15) is 0 Å². The van der Waals surface area contributed by atoms with Crippen molar-refractivity contribution in [2.75, 3.05) is 5.73 Å². The molecule has 3 aromatic heterocycles. The van der Waals surface area contributed by atoms with Crippen LogP contribution in [0.2, 0.25) is 0 Å². The second kappa shape index (κ2) is 5.29. The number of nitrogen functional groups attached to an aromatic ring is 1. The highest BCUT2D eigenvalue weighted by Crippen LogP contribution is 2.26. The number of nitrogens with two attached hydrogens (primary N) is 1. The fraction of sp³-hybridized carbons (Fsp3) is 0. The van der Waals surface area contributed by atoms with E-state index in [1.807, 2.05) is 23.6 Å². The predicted molar refractivity (Wildman–Crippen MR) is 91.1 cm³/mol. The lowest BCUT2D eigenvalue weighted by Crippen LogP contribution is -2.10. The largest absolute Gasteiger partial charge is 0.368 e. The third-order valence-electron chi connectivity index (χ3n) is 3.37. The van der Waals surface area contributed by atoms with E-state index in [2.05, 4.69) is 19.9 Å². The quantitative estimate of drug-likeness (QED) is 0.591. The molecule has 0 fully saturated rings. The average Bonchev–Trinajstić information content (AvgIpc) is 3.09. The van der Waals surface area contributed by atoms with E-state index in [9.17, 15) is 4.79 Å². The van der Waals surface area contributed by atoms with Crippen molar-refractivity contribution >= 4 is 28.2 Å². The third kappa shape index (κ3) is 2.47. The molecule has 6 nitrogen and oxygen atoms in total. The van der Waals surface area contributed by atoms with Crippen molar-refractivity contribution in [3.8, 4) is 22.1 Å². The van der Waals surface area contributed by atoms with Gasteiger partial charge in [-0.1, -0.05) is 18.2 Å². The zero-order valence-electron chi connectivity index (χ0n) is 11.9. The molecule has 0 amide bonds. The molecule has 7 heteroatoms. The summed E-state index contributed by atoms with van der Waals surface area (Å²) in [5.74, 6) is 0.516. The van der Waals surface area contributed by atoms with Crippen LogP contribution >= 0.6 is 11.3 Å². The van der Waals surface area contributed by atoms with E-state index in [0.29, 0.717) is 28.1 Å². The van der Waals surface area contributed by atoms with E-state index in [-0.39, 0.29) is 11.5 Å². The topological polar surface area (TPSA) is 97.5 Å². The summed E-state index contributed by atoms with van der Waals surface area (Å²) in [5.41, 5.74) is 7.42. The van der Waals surface area contributed by atoms with Crippen LogP contribution in [-0.2, 0) is 0 Å². The molecular formula is C16H11N5OS. The molecule has 4 rings (SSSR count). The predicted octanol–water partition coefficient (Wildman–Crippen LogP) is 2.69. The highest BCUT2D eigenvalue weighted by Gasteiger charge is 2.11. The summed E-state index contributed by atoms with van der Waals surface area (Å²) < 4.78 is 0. The Bertz CT molecular complexity index is 1060. The Morgan fingerprint density at radius 2 is 1.83 bits per heavy atom. The van der Waals surface area contributed by atoms with E-state index in [1.54, 1.807) is 35.6 Å². The molecule has 1 aromatic carbocycles. The van der Waals surface area contributed by atoms with Crippen LogP contribution in [0.25, 0.3) is 33.0 Å². The van der Waals surface area contributed by atoms with Crippen LogP contribution in [0.3, 0.4) is 0 Å². The van der Waals surface area contributed by atoms with Crippen LogP contribution in [0, 0.1) is 0 Å². The van der Waals surface area contributed by atoms with Gasteiger partial charge in [-0.05, 0) is 29.6 Å². The Morgan fingerprint density at radius 1 is 1.00 bits per heavy atom. The second-order valence-electron chi connectivity index (χ2n) is 4.91. The van der Waals surface area contributed by atoms with Crippen molar-refractivity contribution in [3.05, 3.63) is 58.2 Å². The maximum atomic E-state index is 12.2. The summed E-state index contributed by atoms with van der Waals surface area (Å²) in [6.07, 6.45) is 0. The van der Waals surface area contributed by atoms with Gasteiger partial charge in [0, 0.05) is 0 Å². The minimum Gasteiger partial charge on any atom is -0.368 e. The molecule has 0 saturated carbocycles. The van der Waals surface area contributed by atoms with Crippen molar-refractivity contribution in [1.29, 1.82) is 0 Å². The van der Waals surface area contributed by atoms with Gasteiger partial charge in [-0.3, -0.25) is 4.79 Å².